The molecule has 1 aliphatic carbocycles. The van der Waals surface area contributed by atoms with Crippen LogP contribution in [0, 0.1) is 5.92 Å². The number of fused-ring (bicyclic) bond motifs is 1. The summed E-state index contributed by atoms with van der Waals surface area (Å²) < 4.78 is 1.76. The van der Waals surface area contributed by atoms with E-state index >= 15 is 0 Å². The zero-order chi connectivity index (χ0) is 16.8. The third-order valence-corrected chi connectivity index (χ3v) is 5.01. The van der Waals surface area contributed by atoms with E-state index in [0.717, 1.165) is 23.3 Å². The Labute approximate surface area is 144 Å². The van der Waals surface area contributed by atoms with Crippen LogP contribution in [0.2, 0.25) is 0 Å². The Morgan fingerprint density at radius 1 is 1.38 bits per heavy atom. The fourth-order valence-electron chi connectivity index (χ4n) is 3.48. The number of carbonyl (C=O) groups is 1. The van der Waals surface area contributed by atoms with Crippen LogP contribution in [0.1, 0.15) is 31.4 Å². The number of Topliss-reactive ketones (excluding diaryl/α,β-unsaturated/α-hetero) is 1. The number of hydrogen-bond acceptors (Lipinski definition) is 6. The van der Waals surface area contributed by atoms with Crippen LogP contribution in [0.5, 0.6) is 5.75 Å². The molecular formula is C17H18N4O2S. The molecule has 4 rings (SSSR count). The topological polar surface area (TPSA) is 80.0 Å². The van der Waals surface area contributed by atoms with Crippen molar-refractivity contribution in [3.63, 3.8) is 0 Å². The lowest BCUT2D eigenvalue weighted by molar-refractivity contribution is -0.117. The molecule has 0 bridgehead atoms. The molecule has 1 aromatic heterocycles. The number of nitrogens with one attached hydrogen (secondary N) is 1. The first-order chi connectivity index (χ1) is 11.6. The largest absolute Gasteiger partial charge is 0.508 e. The number of hydrogen-bond donors (Lipinski definition) is 2. The van der Waals surface area contributed by atoms with Gasteiger partial charge in [-0.05, 0) is 36.3 Å². The summed E-state index contributed by atoms with van der Waals surface area (Å²) in [6.45, 7) is 2.08. The normalized spacial score (nSPS) is 22.8. The Morgan fingerprint density at radius 2 is 2.21 bits per heavy atom. The lowest BCUT2D eigenvalue weighted by Crippen LogP contribution is -2.33. The second-order valence-corrected chi connectivity index (χ2v) is 7.09. The SMILES string of the molecule is CSc1nc2n(n1)[C@H](c1cccc(O)c1)C1=C(C[C@H](C)CC1=O)N2. The molecule has 0 saturated carbocycles. The lowest BCUT2D eigenvalue weighted by atomic mass is 9.81. The van der Waals surface area contributed by atoms with Crippen LogP contribution in [0.4, 0.5) is 5.95 Å². The minimum absolute atomic E-state index is 0.136. The van der Waals surface area contributed by atoms with E-state index in [1.165, 1.54) is 11.8 Å². The van der Waals surface area contributed by atoms with E-state index in [9.17, 15) is 9.90 Å². The average Bonchev–Trinajstić information content (AvgIpc) is 2.95. The standard InChI is InChI=1S/C17H18N4O2S/c1-9-6-12-14(13(23)7-9)15(10-4-3-5-11(22)8-10)21-16(18-12)19-17(20-21)24-2/h3-5,8-9,15,22H,6-7H2,1-2H3,(H,18,19,20)/t9-,15+/m0/s1. The van der Waals surface area contributed by atoms with Gasteiger partial charge in [0.15, 0.2) is 5.78 Å². The molecule has 2 aliphatic rings. The molecule has 0 unspecified atom stereocenters. The lowest BCUT2D eigenvalue weighted by Gasteiger charge is -2.34. The maximum absolute atomic E-state index is 12.8. The fraction of sp³-hybridized carbons (Fsp3) is 0.353. The monoisotopic (exact) mass is 342 g/mol. The Balaban J connectivity index is 1.92. The van der Waals surface area contributed by atoms with E-state index in [2.05, 4.69) is 22.3 Å². The van der Waals surface area contributed by atoms with Gasteiger partial charge in [-0.15, -0.1) is 5.10 Å². The van der Waals surface area contributed by atoms with Crippen molar-refractivity contribution < 1.29 is 9.90 Å². The van der Waals surface area contributed by atoms with Crippen LogP contribution in [-0.2, 0) is 4.79 Å². The predicted octanol–water partition coefficient (Wildman–Crippen LogP) is 2.97. The highest BCUT2D eigenvalue weighted by Gasteiger charge is 2.38. The molecule has 0 spiro atoms. The van der Waals surface area contributed by atoms with E-state index < -0.39 is 0 Å². The van der Waals surface area contributed by atoms with Crippen molar-refractivity contribution in [2.75, 3.05) is 11.6 Å². The van der Waals surface area contributed by atoms with Gasteiger partial charge in [0.25, 0.3) is 0 Å². The molecule has 0 saturated heterocycles. The van der Waals surface area contributed by atoms with Gasteiger partial charge in [0, 0.05) is 17.7 Å². The highest BCUT2D eigenvalue weighted by Crippen LogP contribution is 2.42. The number of ketones is 1. The highest BCUT2D eigenvalue weighted by molar-refractivity contribution is 7.98. The number of allylic oxidation sites excluding steroid dienone is 2. The Hall–Kier alpha value is -2.28. The number of nitrogens with zero attached hydrogens (tertiary/aromatic N) is 3. The van der Waals surface area contributed by atoms with Gasteiger partial charge in [-0.3, -0.25) is 4.79 Å². The molecule has 2 atom stereocenters. The number of phenols is 1. The molecule has 2 N–H and O–H groups in total. The molecule has 7 heteroatoms. The summed E-state index contributed by atoms with van der Waals surface area (Å²) in [4.78, 5) is 17.3. The van der Waals surface area contributed by atoms with Gasteiger partial charge in [0.05, 0.1) is 0 Å². The van der Waals surface area contributed by atoms with Crippen molar-refractivity contribution in [3.05, 3.63) is 41.1 Å². The van der Waals surface area contributed by atoms with Gasteiger partial charge in [-0.1, -0.05) is 30.8 Å². The summed E-state index contributed by atoms with van der Waals surface area (Å²) in [5.74, 6) is 1.27. The minimum atomic E-state index is -0.350. The summed E-state index contributed by atoms with van der Waals surface area (Å²) in [5.41, 5.74) is 2.51. The van der Waals surface area contributed by atoms with E-state index in [1.54, 1.807) is 22.9 Å². The van der Waals surface area contributed by atoms with Crippen molar-refractivity contribution in [1.82, 2.24) is 14.8 Å². The number of carbonyl (C=O) groups excluding carboxylic acids is 1. The summed E-state index contributed by atoms with van der Waals surface area (Å²) in [7, 11) is 0. The number of aromatic hydroxyl groups is 1. The molecule has 2 aromatic rings. The molecule has 2 heterocycles. The van der Waals surface area contributed by atoms with Crippen LogP contribution in [0.25, 0.3) is 0 Å². The van der Waals surface area contributed by atoms with Gasteiger partial charge in [0.1, 0.15) is 11.8 Å². The maximum Gasteiger partial charge on any atom is 0.227 e. The Kier molecular flexibility index (Phi) is 3.60. The van der Waals surface area contributed by atoms with Crippen LogP contribution in [0.3, 0.4) is 0 Å². The minimum Gasteiger partial charge on any atom is -0.508 e. The van der Waals surface area contributed by atoms with Crippen LogP contribution in [-0.4, -0.2) is 31.9 Å². The Bertz CT molecular complexity index is 858. The first kappa shape index (κ1) is 15.3. The number of thioether (sulfide) groups is 1. The van der Waals surface area contributed by atoms with Gasteiger partial charge in [-0.25, -0.2) is 4.68 Å². The molecule has 124 valence electrons. The molecule has 0 amide bonds. The number of phenolic OH excluding ortho intramolecular Hbond substituents is 1. The molecule has 1 aliphatic heterocycles. The van der Waals surface area contributed by atoms with Crippen molar-refractivity contribution in [1.29, 1.82) is 0 Å². The zero-order valence-corrected chi connectivity index (χ0v) is 14.3. The van der Waals surface area contributed by atoms with E-state index in [1.807, 2.05) is 12.3 Å². The summed E-state index contributed by atoms with van der Waals surface area (Å²) in [6.07, 6.45) is 3.28. The number of benzene rings is 1. The van der Waals surface area contributed by atoms with E-state index in [-0.39, 0.29) is 17.6 Å². The van der Waals surface area contributed by atoms with Crippen LogP contribution in [0.15, 0.2) is 40.7 Å². The fourth-order valence-corrected chi connectivity index (χ4v) is 3.82. The third-order valence-electron chi connectivity index (χ3n) is 4.47. The van der Waals surface area contributed by atoms with Crippen LogP contribution < -0.4 is 5.32 Å². The third kappa shape index (κ3) is 2.39. The van der Waals surface area contributed by atoms with Gasteiger partial charge in [0.2, 0.25) is 11.1 Å². The van der Waals surface area contributed by atoms with E-state index in [4.69, 9.17) is 0 Å². The van der Waals surface area contributed by atoms with E-state index in [0.29, 0.717) is 23.4 Å². The number of aromatic nitrogens is 3. The second kappa shape index (κ2) is 5.66. The van der Waals surface area contributed by atoms with Gasteiger partial charge >= 0.3 is 0 Å². The van der Waals surface area contributed by atoms with Crippen molar-refractivity contribution >= 4 is 23.5 Å². The summed E-state index contributed by atoms with van der Waals surface area (Å²) in [5, 5.41) is 18.4. The first-order valence-corrected chi connectivity index (χ1v) is 9.12. The van der Waals surface area contributed by atoms with Gasteiger partial charge < -0.3 is 10.4 Å². The number of anilines is 1. The van der Waals surface area contributed by atoms with Crippen molar-refractivity contribution in [2.45, 2.75) is 31.0 Å². The predicted molar refractivity (Wildman–Crippen MR) is 92.1 cm³/mol. The molecule has 1 aromatic carbocycles. The van der Waals surface area contributed by atoms with Gasteiger partial charge in [-0.2, -0.15) is 4.98 Å². The summed E-state index contributed by atoms with van der Waals surface area (Å²) >= 11 is 1.46. The molecule has 6 nitrogen and oxygen atoms in total. The highest BCUT2D eigenvalue weighted by atomic mass is 32.2. The smallest absolute Gasteiger partial charge is 0.227 e. The first-order valence-electron chi connectivity index (χ1n) is 7.89. The summed E-state index contributed by atoms with van der Waals surface area (Å²) in [6, 6.07) is 6.66. The second-order valence-electron chi connectivity index (χ2n) is 6.32. The van der Waals surface area contributed by atoms with Crippen molar-refractivity contribution in [2.24, 2.45) is 5.92 Å². The quantitative estimate of drug-likeness (QED) is 0.817. The molecular weight excluding hydrogens is 324 g/mol. The average molecular weight is 342 g/mol. The van der Waals surface area contributed by atoms with Crippen molar-refractivity contribution in [3.8, 4) is 5.75 Å². The molecule has 0 radical (unpaired) electrons. The van der Waals surface area contributed by atoms with Crippen LogP contribution >= 0.6 is 11.8 Å². The maximum atomic E-state index is 12.8. The number of rotatable bonds is 2. The zero-order valence-electron chi connectivity index (χ0n) is 13.5. The molecule has 0 fully saturated rings. The molecule has 24 heavy (non-hydrogen) atoms. The Morgan fingerprint density at radius 3 is 2.96 bits per heavy atom.